The molecule has 1 aliphatic heterocycles. The third-order valence-corrected chi connectivity index (χ3v) is 4.53. The maximum Gasteiger partial charge on any atom is 0.131 e. The van der Waals surface area contributed by atoms with Gasteiger partial charge in [-0.25, -0.2) is 9.97 Å². The fourth-order valence-electron chi connectivity index (χ4n) is 3.25. The summed E-state index contributed by atoms with van der Waals surface area (Å²) < 4.78 is 2.23. The first-order valence-electron chi connectivity index (χ1n) is 8.10. The van der Waals surface area contributed by atoms with Crippen LogP contribution in [-0.2, 0) is 6.67 Å². The Kier molecular flexibility index (Phi) is 3.71. The molecule has 0 atom stereocenters. The summed E-state index contributed by atoms with van der Waals surface area (Å²) in [6.07, 6.45) is 3.83. The number of hydrogen-bond acceptors (Lipinski definition) is 4. The number of imidazole rings is 1. The van der Waals surface area contributed by atoms with E-state index in [0.717, 1.165) is 44.2 Å². The molecule has 1 fully saturated rings. The van der Waals surface area contributed by atoms with E-state index in [1.807, 2.05) is 24.7 Å². The summed E-state index contributed by atoms with van der Waals surface area (Å²) in [6, 6.07) is 12.4. The molecule has 1 saturated heterocycles. The smallest absolute Gasteiger partial charge is 0.131 e. The van der Waals surface area contributed by atoms with Crippen molar-refractivity contribution in [3.8, 4) is 0 Å². The Labute approximate surface area is 136 Å². The van der Waals surface area contributed by atoms with E-state index in [1.165, 1.54) is 11.1 Å². The molecule has 1 aliphatic rings. The van der Waals surface area contributed by atoms with Gasteiger partial charge >= 0.3 is 0 Å². The second-order valence-corrected chi connectivity index (χ2v) is 6.09. The van der Waals surface area contributed by atoms with Crippen LogP contribution in [0.15, 0.2) is 48.9 Å². The zero-order valence-corrected chi connectivity index (χ0v) is 13.4. The number of aromatic nitrogens is 3. The van der Waals surface area contributed by atoms with Gasteiger partial charge in [-0.3, -0.25) is 4.90 Å². The van der Waals surface area contributed by atoms with Crippen molar-refractivity contribution in [3.05, 3.63) is 54.5 Å². The van der Waals surface area contributed by atoms with Crippen LogP contribution in [0.2, 0.25) is 0 Å². The van der Waals surface area contributed by atoms with Gasteiger partial charge in [0.25, 0.3) is 0 Å². The number of nitrogens with zero attached hydrogens (tertiary/aromatic N) is 5. The highest BCUT2D eigenvalue weighted by atomic mass is 15.3. The molecule has 5 nitrogen and oxygen atoms in total. The van der Waals surface area contributed by atoms with Gasteiger partial charge in [0.1, 0.15) is 5.82 Å². The van der Waals surface area contributed by atoms with Crippen molar-refractivity contribution in [1.82, 2.24) is 19.4 Å². The number of hydrogen-bond donors (Lipinski definition) is 0. The fraction of sp³-hybridized carbons (Fsp3) is 0.333. The lowest BCUT2D eigenvalue weighted by atomic mass is 10.2. The van der Waals surface area contributed by atoms with Crippen LogP contribution in [0, 0.1) is 6.92 Å². The van der Waals surface area contributed by atoms with Gasteiger partial charge in [0.2, 0.25) is 0 Å². The van der Waals surface area contributed by atoms with Crippen LogP contribution in [0.25, 0.3) is 11.0 Å². The SMILES string of the molecule is Cc1cccnc1N1CCN(Cn2cnc3ccccc32)CC1. The third kappa shape index (κ3) is 2.80. The molecule has 5 heteroatoms. The monoisotopic (exact) mass is 307 g/mol. The van der Waals surface area contributed by atoms with Gasteiger partial charge in [-0.15, -0.1) is 0 Å². The van der Waals surface area contributed by atoms with Gasteiger partial charge in [0.05, 0.1) is 24.0 Å². The Morgan fingerprint density at radius 3 is 2.61 bits per heavy atom. The summed E-state index contributed by atoms with van der Waals surface area (Å²) >= 11 is 0. The largest absolute Gasteiger partial charge is 0.354 e. The van der Waals surface area contributed by atoms with Crippen molar-refractivity contribution < 1.29 is 0 Å². The first-order valence-corrected chi connectivity index (χ1v) is 8.10. The summed E-state index contributed by atoms with van der Waals surface area (Å²) in [5, 5.41) is 0. The molecule has 0 bridgehead atoms. The molecule has 1 aromatic carbocycles. The molecule has 0 spiro atoms. The molecule has 3 heterocycles. The van der Waals surface area contributed by atoms with E-state index in [9.17, 15) is 0 Å². The molecule has 2 aromatic heterocycles. The molecule has 0 radical (unpaired) electrons. The lowest BCUT2D eigenvalue weighted by molar-refractivity contribution is 0.208. The molecule has 0 amide bonds. The first kappa shape index (κ1) is 14.2. The van der Waals surface area contributed by atoms with Crippen LogP contribution in [0.5, 0.6) is 0 Å². The number of rotatable bonds is 3. The van der Waals surface area contributed by atoms with Gasteiger partial charge in [-0.05, 0) is 30.7 Å². The molecule has 0 N–H and O–H groups in total. The molecule has 0 saturated carbocycles. The number of benzene rings is 1. The number of aryl methyl sites for hydroxylation is 1. The van der Waals surface area contributed by atoms with E-state index >= 15 is 0 Å². The van der Waals surface area contributed by atoms with Gasteiger partial charge < -0.3 is 9.47 Å². The highest BCUT2D eigenvalue weighted by molar-refractivity contribution is 5.74. The number of piperazine rings is 1. The van der Waals surface area contributed by atoms with Crippen LogP contribution >= 0.6 is 0 Å². The highest BCUT2D eigenvalue weighted by Gasteiger charge is 2.19. The molecule has 3 aromatic rings. The molecule has 4 rings (SSSR count). The van der Waals surface area contributed by atoms with E-state index in [4.69, 9.17) is 0 Å². The predicted molar refractivity (Wildman–Crippen MR) is 92.5 cm³/mol. The minimum atomic E-state index is 0.898. The minimum absolute atomic E-state index is 0.898. The van der Waals surface area contributed by atoms with Crippen molar-refractivity contribution in [2.24, 2.45) is 0 Å². The van der Waals surface area contributed by atoms with Crippen LogP contribution in [0.1, 0.15) is 5.56 Å². The number of pyridine rings is 1. The normalized spacial score (nSPS) is 16.1. The van der Waals surface area contributed by atoms with E-state index in [-0.39, 0.29) is 0 Å². The summed E-state index contributed by atoms with van der Waals surface area (Å²) in [6.45, 7) is 7.15. The molecule has 0 aliphatic carbocycles. The van der Waals surface area contributed by atoms with Gasteiger partial charge in [-0.2, -0.15) is 0 Å². The standard InChI is InChI=1S/C18H21N5/c1-15-5-4-8-19-18(15)22-11-9-21(10-12-22)14-23-13-20-16-6-2-3-7-17(16)23/h2-8,13H,9-12,14H2,1H3. The number of anilines is 1. The maximum absolute atomic E-state index is 4.54. The summed E-state index contributed by atoms with van der Waals surface area (Å²) in [5.41, 5.74) is 3.52. The van der Waals surface area contributed by atoms with Crippen molar-refractivity contribution >= 4 is 16.9 Å². The van der Waals surface area contributed by atoms with Crippen LogP contribution in [-0.4, -0.2) is 45.6 Å². The quantitative estimate of drug-likeness (QED) is 0.745. The highest BCUT2D eigenvalue weighted by Crippen LogP contribution is 2.19. The Balaban J connectivity index is 1.43. The number of fused-ring (bicyclic) bond motifs is 1. The molecular weight excluding hydrogens is 286 g/mol. The van der Waals surface area contributed by atoms with Gasteiger partial charge in [0.15, 0.2) is 0 Å². The second-order valence-electron chi connectivity index (χ2n) is 6.09. The molecular formula is C18H21N5. The van der Waals surface area contributed by atoms with Crippen molar-refractivity contribution in [2.75, 3.05) is 31.1 Å². The molecule has 0 unspecified atom stereocenters. The van der Waals surface area contributed by atoms with E-state index < -0.39 is 0 Å². The van der Waals surface area contributed by atoms with Crippen LogP contribution in [0.3, 0.4) is 0 Å². The first-order chi connectivity index (χ1) is 11.3. The third-order valence-electron chi connectivity index (χ3n) is 4.53. The fourth-order valence-corrected chi connectivity index (χ4v) is 3.25. The topological polar surface area (TPSA) is 37.2 Å². The zero-order chi connectivity index (χ0) is 15.6. The minimum Gasteiger partial charge on any atom is -0.354 e. The zero-order valence-electron chi connectivity index (χ0n) is 13.4. The summed E-state index contributed by atoms with van der Waals surface area (Å²) in [7, 11) is 0. The van der Waals surface area contributed by atoms with Crippen molar-refractivity contribution in [2.45, 2.75) is 13.6 Å². The van der Waals surface area contributed by atoms with Gasteiger partial charge in [0, 0.05) is 32.4 Å². The van der Waals surface area contributed by atoms with E-state index in [2.05, 4.69) is 55.5 Å². The van der Waals surface area contributed by atoms with E-state index in [0.29, 0.717) is 0 Å². The van der Waals surface area contributed by atoms with E-state index in [1.54, 1.807) is 0 Å². The lowest BCUT2D eigenvalue weighted by Gasteiger charge is -2.36. The Morgan fingerprint density at radius 2 is 1.78 bits per heavy atom. The van der Waals surface area contributed by atoms with Crippen LogP contribution in [0.4, 0.5) is 5.82 Å². The maximum atomic E-state index is 4.54. The summed E-state index contributed by atoms with van der Waals surface area (Å²) in [5.74, 6) is 1.13. The molecule has 23 heavy (non-hydrogen) atoms. The van der Waals surface area contributed by atoms with Gasteiger partial charge in [-0.1, -0.05) is 18.2 Å². The number of para-hydroxylation sites is 2. The molecule has 118 valence electrons. The average molecular weight is 307 g/mol. The average Bonchev–Trinajstić information content (AvgIpc) is 2.99. The Hall–Kier alpha value is -2.40. The summed E-state index contributed by atoms with van der Waals surface area (Å²) in [4.78, 5) is 13.9. The predicted octanol–water partition coefficient (Wildman–Crippen LogP) is 2.52. The van der Waals surface area contributed by atoms with Crippen LogP contribution < -0.4 is 4.90 Å². The second kappa shape index (κ2) is 6.01. The Morgan fingerprint density at radius 1 is 0.957 bits per heavy atom. The Bertz CT molecular complexity index is 802. The lowest BCUT2D eigenvalue weighted by Crippen LogP contribution is -2.47. The van der Waals surface area contributed by atoms with Crippen molar-refractivity contribution in [3.63, 3.8) is 0 Å². The van der Waals surface area contributed by atoms with Crippen molar-refractivity contribution in [1.29, 1.82) is 0 Å².